The molecule has 2 aromatic heterocycles. The summed E-state index contributed by atoms with van der Waals surface area (Å²) in [6, 6.07) is 0. The molecule has 1 saturated heterocycles. The van der Waals surface area contributed by atoms with Gasteiger partial charge in [0.25, 0.3) is 0 Å². The van der Waals surface area contributed by atoms with Gasteiger partial charge in [-0.15, -0.1) is 0 Å². The molecular formula is C15H21N5O. The number of rotatable bonds is 4. The van der Waals surface area contributed by atoms with Gasteiger partial charge < -0.3 is 10.1 Å². The maximum Gasteiger partial charge on any atom is 0.167 e. The summed E-state index contributed by atoms with van der Waals surface area (Å²) in [6.45, 7) is 5.70. The number of ether oxygens (including phenoxy) is 1. The van der Waals surface area contributed by atoms with Gasteiger partial charge in [-0.2, -0.15) is 0 Å². The second kappa shape index (κ2) is 6.22. The normalized spacial score (nSPS) is 18.7. The van der Waals surface area contributed by atoms with Crippen molar-refractivity contribution in [3.8, 4) is 0 Å². The first-order chi connectivity index (χ1) is 10.3. The zero-order chi connectivity index (χ0) is 14.7. The Kier molecular flexibility index (Phi) is 4.15. The minimum Gasteiger partial charge on any atom is -0.365 e. The third-order valence-corrected chi connectivity index (χ3v) is 3.60. The van der Waals surface area contributed by atoms with Crippen LogP contribution in [-0.2, 0) is 4.74 Å². The highest BCUT2D eigenvalue weighted by atomic mass is 16.5. The smallest absolute Gasteiger partial charge is 0.167 e. The van der Waals surface area contributed by atoms with E-state index < -0.39 is 0 Å². The first kappa shape index (κ1) is 14.0. The van der Waals surface area contributed by atoms with E-state index >= 15 is 0 Å². The summed E-state index contributed by atoms with van der Waals surface area (Å²) in [5.74, 6) is 0.770. The van der Waals surface area contributed by atoms with Gasteiger partial charge in [0, 0.05) is 13.2 Å². The van der Waals surface area contributed by atoms with Crippen LogP contribution >= 0.6 is 0 Å². The molecule has 6 nitrogen and oxygen atoms in total. The van der Waals surface area contributed by atoms with E-state index in [1.807, 2.05) is 4.57 Å². The van der Waals surface area contributed by atoms with Crippen molar-refractivity contribution in [2.75, 3.05) is 18.5 Å². The average Bonchev–Trinajstić information content (AvgIpc) is 2.92. The van der Waals surface area contributed by atoms with Gasteiger partial charge >= 0.3 is 0 Å². The molecule has 3 rings (SSSR count). The predicted molar refractivity (Wildman–Crippen MR) is 82.1 cm³/mol. The maximum absolute atomic E-state index is 5.82. The van der Waals surface area contributed by atoms with E-state index in [2.05, 4.69) is 40.2 Å². The summed E-state index contributed by atoms with van der Waals surface area (Å²) in [6.07, 6.45) is 8.87. The minimum absolute atomic E-state index is 0.0456. The van der Waals surface area contributed by atoms with Gasteiger partial charge in [0.15, 0.2) is 17.0 Å². The Labute approximate surface area is 124 Å². The second-order valence-electron chi connectivity index (χ2n) is 5.53. The monoisotopic (exact) mass is 287 g/mol. The fourth-order valence-corrected chi connectivity index (χ4v) is 2.49. The Bertz CT molecular complexity index is 639. The molecule has 6 heteroatoms. The van der Waals surface area contributed by atoms with Crippen molar-refractivity contribution >= 4 is 17.0 Å². The molecule has 0 aromatic carbocycles. The van der Waals surface area contributed by atoms with E-state index in [0.717, 1.165) is 43.0 Å². The molecule has 1 fully saturated rings. The third kappa shape index (κ3) is 3.05. The van der Waals surface area contributed by atoms with Crippen LogP contribution in [0.1, 0.15) is 39.3 Å². The maximum atomic E-state index is 5.82. The van der Waals surface area contributed by atoms with E-state index in [4.69, 9.17) is 4.74 Å². The standard InChI is InChI=1S/C15H21N5O/c1-11(2)6-7-16-14-13-15(18-9-17-14)20(10-19-13)12-5-3-4-8-21-12/h6,9-10,12H,3-5,7-8H2,1-2H3,(H,16,17,18). The van der Waals surface area contributed by atoms with Crippen molar-refractivity contribution in [2.24, 2.45) is 0 Å². The highest BCUT2D eigenvalue weighted by Gasteiger charge is 2.19. The van der Waals surface area contributed by atoms with Crippen molar-refractivity contribution in [3.63, 3.8) is 0 Å². The molecule has 1 aliphatic rings. The highest BCUT2D eigenvalue weighted by Crippen LogP contribution is 2.27. The summed E-state index contributed by atoms with van der Waals surface area (Å²) >= 11 is 0. The van der Waals surface area contributed by atoms with Crippen LogP contribution in [0.25, 0.3) is 11.2 Å². The predicted octanol–water partition coefficient (Wildman–Crippen LogP) is 2.90. The van der Waals surface area contributed by atoms with Crippen LogP contribution in [-0.4, -0.2) is 32.7 Å². The van der Waals surface area contributed by atoms with Gasteiger partial charge in [0.2, 0.25) is 0 Å². The summed E-state index contributed by atoms with van der Waals surface area (Å²) < 4.78 is 7.83. The lowest BCUT2D eigenvalue weighted by molar-refractivity contribution is -0.0298. The van der Waals surface area contributed by atoms with Crippen LogP contribution in [0, 0.1) is 0 Å². The van der Waals surface area contributed by atoms with E-state index in [1.165, 1.54) is 12.0 Å². The number of anilines is 1. The van der Waals surface area contributed by atoms with E-state index in [-0.39, 0.29) is 6.23 Å². The summed E-state index contributed by atoms with van der Waals surface area (Å²) in [7, 11) is 0. The van der Waals surface area contributed by atoms with Gasteiger partial charge in [-0.3, -0.25) is 4.57 Å². The van der Waals surface area contributed by atoms with Crippen LogP contribution < -0.4 is 5.32 Å². The molecule has 3 heterocycles. The molecule has 1 aliphatic heterocycles. The van der Waals surface area contributed by atoms with E-state index in [9.17, 15) is 0 Å². The zero-order valence-electron chi connectivity index (χ0n) is 12.5. The fraction of sp³-hybridized carbons (Fsp3) is 0.533. The summed E-state index contributed by atoms with van der Waals surface area (Å²) in [4.78, 5) is 13.1. The van der Waals surface area contributed by atoms with Crippen molar-refractivity contribution in [3.05, 3.63) is 24.3 Å². The summed E-state index contributed by atoms with van der Waals surface area (Å²) in [5.41, 5.74) is 2.90. The molecule has 1 N–H and O–H groups in total. The Balaban J connectivity index is 1.86. The molecule has 0 aliphatic carbocycles. The number of hydrogen-bond acceptors (Lipinski definition) is 5. The quantitative estimate of drug-likeness (QED) is 0.876. The Morgan fingerprint density at radius 2 is 2.29 bits per heavy atom. The number of fused-ring (bicyclic) bond motifs is 1. The number of aromatic nitrogens is 4. The number of allylic oxidation sites excluding steroid dienone is 1. The van der Waals surface area contributed by atoms with Crippen LogP contribution in [0.15, 0.2) is 24.3 Å². The summed E-state index contributed by atoms with van der Waals surface area (Å²) in [5, 5.41) is 3.29. The topological polar surface area (TPSA) is 64.9 Å². The lowest BCUT2D eigenvalue weighted by Crippen LogP contribution is -2.17. The molecule has 1 atom stereocenters. The minimum atomic E-state index is 0.0456. The molecular weight excluding hydrogens is 266 g/mol. The molecule has 21 heavy (non-hydrogen) atoms. The van der Waals surface area contributed by atoms with Gasteiger partial charge in [-0.25, -0.2) is 15.0 Å². The average molecular weight is 287 g/mol. The van der Waals surface area contributed by atoms with Crippen molar-refractivity contribution in [1.29, 1.82) is 0 Å². The molecule has 0 spiro atoms. The molecule has 0 bridgehead atoms. The molecule has 112 valence electrons. The fourth-order valence-electron chi connectivity index (χ4n) is 2.49. The zero-order valence-corrected chi connectivity index (χ0v) is 12.5. The molecule has 0 radical (unpaired) electrons. The van der Waals surface area contributed by atoms with Crippen LogP contribution in [0.5, 0.6) is 0 Å². The first-order valence-corrected chi connectivity index (χ1v) is 7.42. The van der Waals surface area contributed by atoms with Crippen LogP contribution in [0.4, 0.5) is 5.82 Å². The Hall–Kier alpha value is -1.95. The SMILES string of the molecule is CC(C)=CCNc1ncnc2c1ncn2C1CCCCO1. The van der Waals surface area contributed by atoms with E-state index in [1.54, 1.807) is 12.7 Å². The molecule has 1 unspecified atom stereocenters. The first-order valence-electron chi connectivity index (χ1n) is 7.42. The third-order valence-electron chi connectivity index (χ3n) is 3.60. The van der Waals surface area contributed by atoms with Gasteiger partial charge in [0.1, 0.15) is 12.6 Å². The van der Waals surface area contributed by atoms with Gasteiger partial charge in [-0.05, 0) is 33.1 Å². The van der Waals surface area contributed by atoms with Crippen molar-refractivity contribution in [2.45, 2.75) is 39.3 Å². The van der Waals surface area contributed by atoms with Crippen molar-refractivity contribution in [1.82, 2.24) is 19.5 Å². The number of nitrogens with zero attached hydrogens (tertiary/aromatic N) is 4. The highest BCUT2D eigenvalue weighted by molar-refractivity contribution is 5.82. The lowest BCUT2D eigenvalue weighted by atomic mass is 10.2. The van der Waals surface area contributed by atoms with Crippen LogP contribution in [0.2, 0.25) is 0 Å². The Morgan fingerprint density at radius 3 is 3.05 bits per heavy atom. The number of nitrogens with one attached hydrogen (secondary N) is 1. The van der Waals surface area contributed by atoms with Gasteiger partial charge in [0.05, 0.1) is 6.33 Å². The van der Waals surface area contributed by atoms with Crippen molar-refractivity contribution < 1.29 is 4.74 Å². The molecule has 2 aromatic rings. The van der Waals surface area contributed by atoms with Crippen LogP contribution in [0.3, 0.4) is 0 Å². The second-order valence-corrected chi connectivity index (χ2v) is 5.53. The lowest BCUT2D eigenvalue weighted by Gasteiger charge is -2.23. The van der Waals surface area contributed by atoms with E-state index in [0.29, 0.717) is 0 Å². The van der Waals surface area contributed by atoms with Gasteiger partial charge in [-0.1, -0.05) is 11.6 Å². The molecule has 0 saturated carbocycles. The Morgan fingerprint density at radius 1 is 1.38 bits per heavy atom. The largest absolute Gasteiger partial charge is 0.365 e. The number of hydrogen-bond donors (Lipinski definition) is 1. The number of imidazole rings is 1. The molecule has 0 amide bonds.